The lowest BCUT2D eigenvalue weighted by molar-refractivity contribution is 0.0808. The molecule has 6 heteroatoms. The second-order valence-corrected chi connectivity index (χ2v) is 4.08. The van der Waals surface area contributed by atoms with E-state index in [-0.39, 0.29) is 5.91 Å². The summed E-state index contributed by atoms with van der Waals surface area (Å²) < 4.78 is 0. The van der Waals surface area contributed by atoms with E-state index in [9.17, 15) is 4.79 Å². The number of rotatable bonds is 4. The zero-order chi connectivity index (χ0) is 11.4. The molecule has 0 unspecified atom stereocenters. The van der Waals surface area contributed by atoms with Crippen LogP contribution in [-0.2, 0) is 0 Å². The number of anilines is 2. The number of nitrogen functional groups attached to an aromatic ring is 1. The van der Waals surface area contributed by atoms with Gasteiger partial charge in [-0.1, -0.05) is 11.3 Å². The van der Waals surface area contributed by atoms with Crippen LogP contribution in [0.4, 0.5) is 10.9 Å². The Labute approximate surface area is 93.3 Å². The van der Waals surface area contributed by atoms with Gasteiger partial charge in [0.2, 0.25) is 0 Å². The van der Waals surface area contributed by atoms with Gasteiger partial charge in [0.15, 0.2) is 5.13 Å². The van der Waals surface area contributed by atoms with Gasteiger partial charge in [-0.15, -0.1) is 0 Å². The van der Waals surface area contributed by atoms with Crippen LogP contribution >= 0.6 is 11.3 Å². The molecular formula is C9H16N4OS. The first-order valence-corrected chi connectivity index (χ1v) is 5.67. The topological polar surface area (TPSA) is 71.2 Å². The lowest BCUT2D eigenvalue weighted by Crippen LogP contribution is -2.26. The molecule has 15 heavy (non-hydrogen) atoms. The Bertz CT molecular complexity index is 350. The van der Waals surface area contributed by atoms with Gasteiger partial charge < -0.3 is 16.0 Å². The van der Waals surface area contributed by atoms with E-state index in [0.29, 0.717) is 22.4 Å². The fourth-order valence-corrected chi connectivity index (χ4v) is 1.98. The standard InChI is InChI=1S/C9H16N4OS/c1-4-11-9-12-7(10)6(15-9)8(14)13(3)5-2/h4-5,10H2,1-3H3,(H,11,12). The molecule has 0 aliphatic carbocycles. The number of carbonyl (C=O) groups is 1. The fraction of sp³-hybridized carbons (Fsp3) is 0.556. The van der Waals surface area contributed by atoms with Gasteiger partial charge in [0.1, 0.15) is 10.7 Å². The number of nitrogens with zero attached hydrogens (tertiary/aromatic N) is 2. The predicted molar refractivity (Wildman–Crippen MR) is 63.3 cm³/mol. The molecule has 3 N–H and O–H groups in total. The van der Waals surface area contributed by atoms with Gasteiger partial charge in [-0.05, 0) is 13.8 Å². The van der Waals surface area contributed by atoms with E-state index in [1.165, 1.54) is 11.3 Å². The minimum Gasteiger partial charge on any atom is -0.382 e. The Morgan fingerprint density at radius 2 is 2.27 bits per heavy atom. The number of thiazole rings is 1. The van der Waals surface area contributed by atoms with Crippen LogP contribution in [0.5, 0.6) is 0 Å². The van der Waals surface area contributed by atoms with Crippen molar-refractivity contribution >= 4 is 28.2 Å². The molecule has 0 bridgehead atoms. The third-order valence-corrected chi connectivity index (χ3v) is 3.01. The summed E-state index contributed by atoms with van der Waals surface area (Å²) in [6.45, 7) is 5.31. The summed E-state index contributed by atoms with van der Waals surface area (Å²) >= 11 is 1.30. The van der Waals surface area contributed by atoms with Crippen molar-refractivity contribution in [2.24, 2.45) is 0 Å². The lowest BCUT2D eigenvalue weighted by Gasteiger charge is -2.12. The Kier molecular flexibility index (Phi) is 3.90. The van der Waals surface area contributed by atoms with Crippen LogP contribution in [0.15, 0.2) is 0 Å². The van der Waals surface area contributed by atoms with Gasteiger partial charge >= 0.3 is 0 Å². The van der Waals surface area contributed by atoms with Gasteiger partial charge in [0.05, 0.1) is 0 Å². The molecule has 1 heterocycles. The highest BCUT2D eigenvalue weighted by molar-refractivity contribution is 7.18. The number of carbonyl (C=O) groups excluding carboxylic acids is 1. The highest BCUT2D eigenvalue weighted by Gasteiger charge is 2.18. The third kappa shape index (κ3) is 2.59. The molecule has 1 rings (SSSR count). The highest BCUT2D eigenvalue weighted by Crippen LogP contribution is 2.25. The van der Waals surface area contributed by atoms with Crippen LogP contribution in [0.25, 0.3) is 0 Å². The van der Waals surface area contributed by atoms with Gasteiger partial charge in [-0.25, -0.2) is 4.98 Å². The van der Waals surface area contributed by atoms with Crippen molar-refractivity contribution < 1.29 is 4.79 Å². The summed E-state index contributed by atoms with van der Waals surface area (Å²) in [5.41, 5.74) is 5.68. The first-order chi connectivity index (χ1) is 7.10. The third-order valence-electron chi connectivity index (χ3n) is 2.00. The van der Waals surface area contributed by atoms with Crippen molar-refractivity contribution in [3.05, 3.63) is 4.88 Å². The van der Waals surface area contributed by atoms with E-state index in [4.69, 9.17) is 5.73 Å². The Morgan fingerprint density at radius 1 is 1.60 bits per heavy atom. The van der Waals surface area contributed by atoms with Gasteiger partial charge in [0, 0.05) is 20.1 Å². The van der Waals surface area contributed by atoms with Crippen molar-refractivity contribution in [2.45, 2.75) is 13.8 Å². The molecular weight excluding hydrogens is 212 g/mol. The maximum atomic E-state index is 11.8. The zero-order valence-electron chi connectivity index (χ0n) is 9.20. The number of nitrogens with one attached hydrogen (secondary N) is 1. The molecule has 0 saturated carbocycles. The molecule has 0 aromatic carbocycles. The van der Waals surface area contributed by atoms with Crippen LogP contribution < -0.4 is 11.1 Å². The van der Waals surface area contributed by atoms with E-state index in [0.717, 1.165) is 6.54 Å². The van der Waals surface area contributed by atoms with Gasteiger partial charge in [-0.2, -0.15) is 0 Å². The van der Waals surface area contributed by atoms with Gasteiger partial charge in [-0.3, -0.25) is 4.79 Å². The summed E-state index contributed by atoms with van der Waals surface area (Å²) in [7, 11) is 1.74. The smallest absolute Gasteiger partial charge is 0.267 e. The molecule has 0 saturated heterocycles. The Balaban J connectivity index is 2.89. The minimum absolute atomic E-state index is 0.0725. The van der Waals surface area contributed by atoms with Crippen LogP contribution in [0.3, 0.4) is 0 Å². The SMILES string of the molecule is CCNc1nc(N)c(C(=O)N(C)CC)s1. The summed E-state index contributed by atoms with van der Waals surface area (Å²) in [4.78, 5) is 18.0. The van der Waals surface area contributed by atoms with Crippen LogP contribution in [0, 0.1) is 0 Å². The monoisotopic (exact) mass is 228 g/mol. The first kappa shape index (κ1) is 11.8. The molecule has 5 nitrogen and oxygen atoms in total. The highest BCUT2D eigenvalue weighted by atomic mass is 32.1. The van der Waals surface area contributed by atoms with Crippen molar-refractivity contribution in [1.29, 1.82) is 0 Å². The molecule has 1 aromatic rings. The minimum atomic E-state index is -0.0725. The number of nitrogens with two attached hydrogens (primary N) is 1. The molecule has 1 aromatic heterocycles. The molecule has 1 amide bonds. The predicted octanol–water partition coefficient (Wildman–Crippen LogP) is 1.25. The van der Waals surface area contributed by atoms with Gasteiger partial charge in [0.25, 0.3) is 5.91 Å². The summed E-state index contributed by atoms with van der Waals surface area (Å²) in [6, 6.07) is 0. The molecule has 0 radical (unpaired) electrons. The second kappa shape index (κ2) is 4.97. The van der Waals surface area contributed by atoms with Crippen molar-refractivity contribution in [3.8, 4) is 0 Å². The second-order valence-electron chi connectivity index (χ2n) is 3.08. The lowest BCUT2D eigenvalue weighted by atomic mass is 10.4. The van der Waals surface area contributed by atoms with Crippen molar-refractivity contribution in [1.82, 2.24) is 9.88 Å². The molecule has 84 valence electrons. The summed E-state index contributed by atoms with van der Waals surface area (Å²) in [6.07, 6.45) is 0. The summed E-state index contributed by atoms with van der Waals surface area (Å²) in [5.74, 6) is 0.234. The number of amides is 1. The zero-order valence-corrected chi connectivity index (χ0v) is 10.0. The number of hydrogen-bond acceptors (Lipinski definition) is 5. The number of hydrogen-bond donors (Lipinski definition) is 2. The van der Waals surface area contributed by atoms with Crippen LogP contribution in [0.1, 0.15) is 23.5 Å². The normalized spacial score (nSPS) is 10.1. The van der Waals surface area contributed by atoms with Crippen LogP contribution in [0.2, 0.25) is 0 Å². The molecule has 0 fully saturated rings. The fourth-order valence-electron chi connectivity index (χ4n) is 1.03. The Hall–Kier alpha value is -1.30. The molecule has 0 aliphatic rings. The van der Waals surface area contributed by atoms with Crippen molar-refractivity contribution in [2.75, 3.05) is 31.2 Å². The molecule has 0 spiro atoms. The van der Waals surface area contributed by atoms with Crippen molar-refractivity contribution in [3.63, 3.8) is 0 Å². The van der Waals surface area contributed by atoms with E-state index >= 15 is 0 Å². The van der Waals surface area contributed by atoms with E-state index < -0.39 is 0 Å². The van der Waals surface area contributed by atoms with Crippen LogP contribution in [-0.4, -0.2) is 35.9 Å². The number of aromatic nitrogens is 1. The molecule has 0 atom stereocenters. The maximum Gasteiger partial charge on any atom is 0.267 e. The average molecular weight is 228 g/mol. The summed E-state index contributed by atoms with van der Waals surface area (Å²) in [5, 5.41) is 3.73. The quantitative estimate of drug-likeness (QED) is 0.813. The first-order valence-electron chi connectivity index (χ1n) is 4.85. The largest absolute Gasteiger partial charge is 0.382 e. The van der Waals surface area contributed by atoms with E-state index in [2.05, 4.69) is 10.3 Å². The Morgan fingerprint density at radius 3 is 2.80 bits per heavy atom. The van der Waals surface area contributed by atoms with E-state index in [1.54, 1.807) is 11.9 Å². The van der Waals surface area contributed by atoms with E-state index in [1.807, 2.05) is 13.8 Å². The maximum absolute atomic E-state index is 11.8. The molecule has 0 aliphatic heterocycles. The average Bonchev–Trinajstić information content (AvgIpc) is 2.58.